The molecule has 1 fully saturated rings. The molecule has 0 atom stereocenters. The van der Waals surface area contributed by atoms with E-state index in [-0.39, 0.29) is 5.91 Å². The number of hydrogen-bond acceptors (Lipinski definition) is 3. The molecule has 0 saturated carbocycles. The number of carbonyl (C=O) groups excluding carboxylic acids is 1. The average molecular weight is 236 g/mol. The van der Waals surface area contributed by atoms with Crippen LogP contribution in [0.2, 0.25) is 0 Å². The maximum Gasteiger partial charge on any atom is 0.272 e. The van der Waals surface area contributed by atoms with Gasteiger partial charge in [0.2, 0.25) is 0 Å². The topological polar surface area (TPSA) is 61.0 Å². The van der Waals surface area contributed by atoms with Crippen molar-refractivity contribution < 1.29 is 4.79 Å². The second-order valence-corrected chi connectivity index (χ2v) is 4.88. The predicted octanol–water partition coefficient (Wildman–Crippen LogP) is 0.654. The van der Waals surface area contributed by atoms with E-state index < -0.39 is 0 Å². The number of rotatable bonds is 3. The number of nitrogens with one attached hydrogen (secondary N) is 2. The van der Waals surface area contributed by atoms with Crippen LogP contribution in [0.5, 0.6) is 0 Å². The number of imidazole rings is 1. The molecular weight excluding hydrogens is 216 g/mol. The Morgan fingerprint density at radius 2 is 2.18 bits per heavy atom. The van der Waals surface area contributed by atoms with Gasteiger partial charge in [-0.3, -0.25) is 4.79 Å². The summed E-state index contributed by atoms with van der Waals surface area (Å²) >= 11 is 0. The lowest BCUT2D eigenvalue weighted by Crippen LogP contribution is -2.46. The summed E-state index contributed by atoms with van der Waals surface area (Å²) in [5.74, 6) is 1.51. The molecule has 0 unspecified atom stereocenters. The van der Waals surface area contributed by atoms with Gasteiger partial charge in [-0.25, -0.2) is 4.98 Å². The molecule has 5 nitrogen and oxygen atoms in total. The molecule has 1 aliphatic rings. The van der Waals surface area contributed by atoms with E-state index in [2.05, 4.69) is 29.1 Å². The summed E-state index contributed by atoms with van der Waals surface area (Å²) in [6.45, 7) is 7.58. The maximum atomic E-state index is 12.1. The van der Waals surface area contributed by atoms with Gasteiger partial charge in [-0.05, 0) is 5.92 Å². The molecular formula is C12H20N4O. The molecule has 0 bridgehead atoms. The van der Waals surface area contributed by atoms with Gasteiger partial charge in [0.25, 0.3) is 5.91 Å². The van der Waals surface area contributed by atoms with E-state index in [1.807, 2.05) is 4.90 Å². The largest absolute Gasteiger partial charge is 0.338 e. The van der Waals surface area contributed by atoms with Gasteiger partial charge in [0.05, 0.1) is 6.20 Å². The van der Waals surface area contributed by atoms with Crippen LogP contribution in [-0.4, -0.2) is 47.0 Å². The first-order chi connectivity index (χ1) is 8.16. The fourth-order valence-electron chi connectivity index (χ4n) is 2.00. The highest BCUT2D eigenvalue weighted by Crippen LogP contribution is 2.07. The Balaban J connectivity index is 2.01. The van der Waals surface area contributed by atoms with Crippen LogP contribution in [0, 0.1) is 5.92 Å². The lowest BCUT2D eigenvalue weighted by molar-refractivity contribution is 0.0730. The zero-order valence-corrected chi connectivity index (χ0v) is 10.5. The van der Waals surface area contributed by atoms with Gasteiger partial charge in [-0.1, -0.05) is 13.8 Å². The van der Waals surface area contributed by atoms with Crippen LogP contribution in [0.15, 0.2) is 6.20 Å². The second kappa shape index (κ2) is 5.31. The van der Waals surface area contributed by atoms with Crippen molar-refractivity contribution in [3.8, 4) is 0 Å². The lowest BCUT2D eigenvalue weighted by Gasteiger charge is -2.26. The third kappa shape index (κ3) is 3.06. The number of H-pyrrole nitrogens is 1. The number of nitrogens with zero attached hydrogens (tertiary/aromatic N) is 2. The van der Waals surface area contributed by atoms with Crippen LogP contribution >= 0.6 is 0 Å². The second-order valence-electron chi connectivity index (χ2n) is 4.88. The molecule has 0 aromatic carbocycles. The van der Waals surface area contributed by atoms with Gasteiger partial charge in [-0.15, -0.1) is 0 Å². The SMILES string of the molecule is CC(C)Cc1ncc(C(=O)N2CCNCC2)[nH]1. The van der Waals surface area contributed by atoms with Crippen molar-refractivity contribution in [3.63, 3.8) is 0 Å². The van der Waals surface area contributed by atoms with Crippen molar-refractivity contribution in [1.82, 2.24) is 20.2 Å². The van der Waals surface area contributed by atoms with Gasteiger partial charge in [0.1, 0.15) is 11.5 Å². The van der Waals surface area contributed by atoms with Crippen LogP contribution in [0.4, 0.5) is 0 Å². The molecule has 1 amide bonds. The monoisotopic (exact) mass is 236 g/mol. The first-order valence-corrected chi connectivity index (χ1v) is 6.20. The fraction of sp³-hybridized carbons (Fsp3) is 0.667. The Morgan fingerprint density at radius 1 is 1.47 bits per heavy atom. The fourth-order valence-corrected chi connectivity index (χ4v) is 2.00. The molecule has 1 saturated heterocycles. The molecule has 2 rings (SSSR count). The third-order valence-corrected chi connectivity index (χ3v) is 2.86. The summed E-state index contributed by atoms with van der Waals surface area (Å²) in [4.78, 5) is 21.4. The molecule has 2 heterocycles. The van der Waals surface area contributed by atoms with Crippen molar-refractivity contribution >= 4 is 5.91 Å². The van der Waals surface area contributed by atoms with Gasteiger partial charge < -0.3 is 15.2 Å². The smallest absolute Gasteiger partial charge is 0.272 e. The zero-order chi connectivity index (χ0) is 12.3. The summed E-state index contributed by atoms with van der Waals surface area (Å²) in [6.07, 6.45) is 2.54. The Morgan fingerprint density at radius 3 is 2.82 bits per heavy atom. The number of hydrogen-bond donors (Lipinski definition) is 2. The van der Waals surface area contributed by atoms with E-state index in [1.165, 1.54) is 0 Å². The molecule has 0 spiro atoms. The molecule has 0 aliphatic carbocycles. The minimum atomic E-state index is 0.0639. The third-order valence-electron chi connectivity index (χ3n) is 2.86. The highest BCUT2D eigenvalue weighted by atomic mass is 16.2. The first-order valence-electron chi connectivity index (χ1n) is 6.20. The molecule has 94 valence electrons. The Bertz CT molecular complexity index is 380. The summed E-state index contributed by atoms with van der Waals surface area (Å²) in [5, 5.41) is 3.23. The molecule has 5 heteroatoms. The van der Waals surface area contributed by atoms with E-state index in [0.29, 0.717) is 11.6 Å². The summed E-state index contributed by atoms with van der Waals surface area (Å²) in [6, 6.07) is 0. The van der Waals surface area contributed by atoms with Crippen LogP contribution < -0.4 is 5.32 Å². The minimum absolute atomic E-state index is 0.0639. The highest BCUT2D eigenvalue weighted by Gasteiger charge is 2.19. The lowest BCUT2D eigenvalue weighted by atomic mass is 10.1. The number of amides is 1. The van der Waals surface area contributed by atoms with E-state index in [1.54, 1.807) is 6.20 Å². The van der Waals surface area contributed by atoms with Gasteiger partial charge in [-0.2, -0.15) is 0 Å². The molecule has 1 aromatic rings. The van der Waals surface area contributed by atoms with E-state index in [0.717, 1.165) is 38.4 Å². The van der Waals surface area contributed by atoms with Gasteiger partial charge in [0, 0.05) is 32.6 Å². The van der Waals surface area contributed by atoms with Crippen molar-refractivity contribution in [2.24, 2.45) is 5.92 Å². The standard InChI is InChI=1S/C12H20N4O/c1-9(2)7-11-14-8-10(15-11)12(17)16-5-3-13-4-6-16/h8-9,13H,3-7H2,1-2H3,(H,14,15). The van der Waals surface area contributed by atoms with Crippen molar-refractivity contribution in [3.05, 3.63) is 17.7 Å². The number of piperazine rings is 1. The Hall–Kier alpha value is -1.36. The van der Waals surface area contributed by atoms with E-state index in [4.69, 9.17) is 0 Å². The van der Waals surface area contributed by atoms with Crippen LogP contribution in [-0.2, 0) is 6.42 Å². The number of carbonyl (C=O) groups is 1. The Kier molecular flexibility index (Phi) is 3.78. The first kappa shape index (κ1) is 12.1. The molecule has 2 N–H and O–H groups in total. The van der Waals surface area contributed by atoms with Gasteiger partial charge >= 0.3 is 0 Å². The normalized spacial score (nSPS) is 16.5. The van der Waals surface area contributed by atoms with Crippen LogP contribution in [0.1, 0.15) is 30.2 Å². The summed E-state index contributed by atoms with van der Waals surface area (Å²) < 4.78 is 0. The van der Waals surface area contributed by atoms with E-state index >= 15 is 0 Å². The average Bonchev–Trinajstić information content (AvgIpc) is 2.77. The van der Waals surface area contributed by atoms with Crippen molar-refractivity contribution in [1.29, 1.82) is 0 Å². The quantitative estimate of drug-likeness (QED) is 0.810. The zero-order valence-electron chi connectivity index (χ0n) is 10.5. The van der Waals surface area contributed by atoms with Crippen LogP contribution in [0.3, 0.4) is 0 Å². The molecule has 0 radical (unpaired) electrons. The maximum absolute atomic E-state index is 12.1. The highest BCUT2D eigenvalue weighted by molar-refractivity contribution is 5.92. The number of aromatic nitrogens is 2. The predicted molar refractivity (Wildman–Crippen MR) is 65.9 cm³/mol. The van der Waals surface area contributed by atoms with Crippen molar-refractivity contribution in [2.45, 2.75) is 20.3 Å². The van der Waals surface area contributed by atoms with Crippen LogP contribution in [0.25, 0.3) is 0 Å². The number of aromatic amines is 1. The molecule has 1 aliphatic heterocycles. The molecule has 1 aromatic heterocycles. The van der Waals surface area contributed by atoms with Gasteiger partial charge in [0.15, 0.2) is 0 Å². The van der Waals surface area contributed by atoms with E-state index in [9.17, 15) is 4.79 Å². The Labute approximate surface area is 102 Å². The molecule has 17 heavy (non-hydrogen) atoms. The van der Waals surface area contributed by atoms with Crippen molar-refractivity contribution in [2.75, 3.05) is 26.2 Å². The summed E-state index contributed by atoms with van der Waals surface area (Å²) in [7, 11) is 0. The summed E-state index contributed by atoms with van der Waals surface area (Å²) in [5.41, 5.74) is 0.613. The minimum Gasteiger partial charge on any atom is -0.338 e.